The van der Waals surface area contributed by atoms with Crippen molar-refractivity contribution < 1.29 is 13.2 Å². The van der Waals surface area contributed by atoms with Crippen molar-refractivity contribution in [3.63, 3.8) is 0 Å². The highest BCUT2D eigenvalue weighted by molar-refractivity contribution is 5.69. The van der Waals surface area contributed by atoms with Crippen LogP contribution in [0.1, 0.15) is 42.4 Å². The van der Waals surface area contributed by atoms with E-state index >= 15 is 0 Å². The summed E-state index contributed by atoms with van der Waals surface area (Å²) in [5, 5.41) is 0. The Morgan fingerprint density at radius 2 is 1.90 bits per heavy atom. The van der Waals surface area contributed by atoms with E-state index in [2.05, 4.69) is 18.0 Å². The fourth-order valence-electron chi connectivity index (χ4n) is 3.59. The molecule has 0 aromatic heterocycles. The molecule has 1 fully saturated rings. The van der Waals surface area contributed by atoms with E-state index in [1.165, 1.54) is 18.6 Å². The van der Waals surface area contributed by atoms with Crippen LogP contribution >= 0.6 is 0 Å². The van der Waals surface area contributed by atoms with Crippen LogP contribution in [-0.2, 0) is 6.18 Å². The Labute approximate surface area is 123 Å². The molecule has 0 amide bonds. The van der Waals surface area contributed by atoms with Crippen molar-refractivity contribution in [2.45, 2.75) is 50.9 Å². The lowest BCUT2D eigenvalue weighted by atomic mass is 9.83. The van der Waals surface area contributed by atoms with E-state index in [1.54, 1.807) is 6.92 Å². The van der Waals surface area contributed by atoms with Gasteiger partial charge in [-0.3, -0.25) is 4.90 Å². The minimum Gasteiger partial charge on any atom is -0.297 e. The van der Waals surface area contributed by atoms with E-state index < -0.39 is 11.7 Å². The third-order valence-corrected chi connectivity index (χ3v) is 4.76. The number of rotatable bonds is 1. The second-order valence-corrected chi connectivity index (χ2v) is 6.30. The number of alkyl halides is 3. The maximum Gasteiger partial charge on any atom is 0.416 e. The highest BCUT2D eigenvalue weighted by Gasteiger charge is 2.34. The van der Waals surface area contributed by atoms with Crippen LogP contribution in [0.25, 0.3) is 5.57 Å². The molecule has 1 nitrogen and oxygen atoms in total. The van der Waals surface area contributed by atoms with Gasteiger partial charge in [0.15, 0.2) is 0 Å². The summed E-state index contributed by atoms with van der Waals surface area (Å²) in [6.45, 7) is 1.73. The third-order valence-electron chi connectivity index (χ3n) is 4.76. The Morgan fingerprint density at radius 1 is 1.14 bits per heavy atom. The topological polar surface area (TPSA) is 3.24 Å². The average molecular weight is 295 g/mol. The van der Waals surface area contributed by atoms with Gasteiger partial charge < -0.3 is 0 Å². The maximum absolute atomic E-state index is 13.0. The molecular formula is C17H20F3N. The third kappa shape index (κ3) is 2.86. The molecule has 1 aromatic carbocycles. The van der Waals surface area contributed by atoms with Crippen LogP contribution in [0, 0.1) is 6.92 Å². The molecule has 21 heavy (non-hydrogen) atoms. The Hall–Kier alpha value is -1.29. The zero-order valence-corrected chi connectivity index (χ0v) is 12.4. The van der Waals surface area contributed by atoms with Crippen LogP contribution < -0.4 is 0 Å². The summed E-state index contributed by atoms with van der Waals surface area (Å²) in [6, 6.07) is 5.25. The fraction of sp³-hybridized carbons (Fsp3) is 0.529. The van der Waals surface area contributed by atoms with Gasteiger partial charge in [-0.2, -0.15) is 13.2 Å². The highest BCUT2D eigenvalue weighted by atomic mass is 19.4. The zero-order chi connectivity index (χ0) is 15.2. The molecule has 2 aliphatic rings. The number of hydrogen-bond acceptors (Lipinski definition) is 1. The number of fused-ring (bicyclic) bond motifs is 2. The monoisotopic (exact) mass is 295 g/mol. The summed E-state index contributed by atoms with van der Waals surface area (Å²) in [6.07, 6.45) is 2.21. The molecule has 2 unspecified atom stereocenters. The number of likely N-dealkylation sites (N-methyl/N-ethyl adjacent to an activating group) is 1. The predicted molar refractivity (Wildman–Crippen MR) is 78.0 cm³/mol. The normalized spacial score (nSPS) is 26.6. The summed E-state index contributed by atoms with van der Waals surface area (Å²) in [7, 11) is 2.12. The standard InChI is InChI=1S/C17H20F3N/c1-11-6-12(8-14(7-11)17(18,19)20)13-9-15-4-3-5-16(10-13)21(15)2/h6-9,15-16H,3-5,10H2,1-2H3. The lowest BCUT2D eigenvalue weighted by Crippen LogP contribution is -2.45. The van der Waals surface area contributed by atoms with Crippen LogP contribution in [-0.4, -0.2) is 24.0 Å². The van der Waals surface area contributed by atoms with Crippen molar-refractivity contribution in [2.24, 2.45) is 0 Å². The Morgan fingerprint density at radius 3 is 2.57 bits per heavy atom. The van der Waals surface area contributed by atoms with Gasteiger partial charge in [0.1, 0.15) is 0 Å². The summed E-state index contributed by atoms with van der Waals surface area (Å²) < 4.78 is 38.9. The molecule has 114 valence electrons. The van der Waals surface area contributed by atoms with Crippen molar-refractivity contribution in [1.29, 1.82) is 0 Å². The predicted octanol–water partition coefficient (Wildman–Crippen LogP) is 4.65. The van der Waals surface area contributed by atoms with Crippen LogP contribution in [0.3, 0.4) is 0 Å². The van der Waals surface area contributed by atoms with Crippen molar-refractivity contribution >= 4 is 5.57 Å². The Kier molecular flexibility index (Phi) is 3.60. The van der Waals surface area contributed by atoms with Gasteiger partial charge in [-0.1, -0.05) is 18.6 Å². The summed E-state index contributed by atoms with van der Waals surface area (Å²) >= 11 is 0. The molecule has 1 saturated heterocycles. The molecule has 1 aromatic rings. The highest BCUT2D eigenvalue weighted by Crippen LogP contribution is 2.38. The summed E-state index contributed by atoms with van der Waals surface area (Å²) in [5.41, 5.74) is 1.96. The molecule has 4 heteroatoms. The summed E-state index contributed by atoms with van der Waals surface area (Å²) in [5.74, 6) is 0. The van der Waals surface area contributed by atoms with Gasteiger partial charge in [-0.05, 0) is 62.1 Å². The average Bonchev–Trinajstić information content (AvgIpc) is 2.36. The minimum atomic E-state index is -4.28. The van der Waals surface area contributed by atoms with Crippen LogP contribution in [0.5, 0.6) is 0 Å². The smallest absolute Gasteiger partial charge is 0.297 e. The lowest BCUT2D eigenvalue weighted by Gasteiger charge is -2.43. The van der Waals surface area contributed by atoms with Gasteiger partial charge in [0.05, 0.1) is 5.56 Å². The first kappa shape index (κ1) is 14.6. The quantitative estimate of drug-likeness (QED) is 0.728. The number of benzene rings is 1. The molecule has 2 atom stereocenters. The molecular weight excluding hydrogens is 275 g/mol. The minimum absolute atomic E-state index is 0.377. The van der Waals surface area contributed by atoms with E-state index in [0.29, 0.717) is 17.6 Å². The molecule has 0 spiro atoms. The van der Waals surface area contributed by atoms with Gasteiger partial charge in [0.25, 0.3) is 0 Å². The molecule has 0 N–H and O–H groups in total. The van der Waals surface area contributed by atoms with Crippen LogP contribution in [0.4, 0.5) is 13.2 Å². The maximum atomic E-state index is 13.0. The molecule has 0 radical (unpaired) electrons. The molecule has 2 bridgehead atoms. The van der Waals surface area contributed by atoms with Crippen molar-refractivity contribution in [1.82, 2.24) is 4.90 Å². The van der Waals surface area contributed by atoms with Crippen LogP contribution in [0.15, 0.2) is 24.3 Å². The SMILES string of the molecule is Cc1cc(C2=CC3CCCC(C2)N3C)cc(C(F)(F)F)c1. The van der Waals surface area contributed by atoms with E-state index in [9.17, 15) is 13.2 Å². The van der Waals surface area contributed by atoms with E-state index in [1.807, 2.05) is 6.07 Å². The van der Waals surface area contributed by atoms with Gasteiger partial charge in [0, 0.05) is 12.1 Å². The number of halogens is 3. The van der Waals surface area contributed by atoms with E-state index in [-0.39, 0.29) is 0 Å². The first-order chi connectivity index (χ1) is 9.84. The molecule has 0 aliphatic carbocycles. The Bertz CT molecular complexity index is 574. The van der Waals surface area contributed by atoms with Crippen molar-refractivity contribution in [3.05, 3.63) is 41.0 Å². The Balaban J connectivity index is 1.99. The molecule has 3 rings (SSSR count). The van der Waals surface area contributed by atoms with Crippen LogP contribution in [0.2, 0.25) is 0 Å². The number of hydrogen-bond donors (Lipinski definition) is 0. The number of piperidine rings is 1. The lowest BCUT2D eigenvalue weighted by molar-refractivity contribution is -0.137. The van der Waals surface area contributed by atoms with E-state index in [0.717, 1.165) is 30.4 Å². The molecule has 2 heterocycles. The van der Waals surface area contributed by atoms with Crippen molar-refractivity contribution in [3.8, 4) is 0 Å². The fourth-order valence-corrected chi connectivity index (χ4v) is 3.59. The van der Waals surface area contributed by atoms with E-state index in [4.69, 9.17) is 0 Å². The van der Waals surface area contributed by atoms with Gasteiger partial charge in [-0.15, -0.1) is 0 Å². The molecule has 0 saturated carbocycles. The largest absolute Gasteiger partial charge is 0.416 e. The molecule has 2 aliphatic heterocycles. The van der Waals surface area contributed by atoms with Gasteiger partial charge in [-0.25, -0.2) is 0 Å². The second-order valence-electron chi connectivity index (χ2n) is 6.30. The van der Waals surface area contributed by atoms with Crippen molar-refractivity contribution in [2.75, 3.05) is 7.05 Å². The first-order valence-electron chi connectivity index (χ1n) is 7.46. The second kappa shape index (κ2) is 5.16. The zero-order valence-electron chi connectivity index (χ0n) is 12.4. The summed E-state index contributed by atoms with van der Waals surface area (Å²) in [4.78, 5) is 2.37. The van der Waals surface area contributed by atoms with Gasteiger partial charge in [0.2, 0.25) is 0 Å². The first-order valence-corrected chi connectivity index (χ1v) is 7.46. The van der Waals surface area contributed by atoms with Gasteiger partial charge >= 0.3 is 6.18 Å². The number of nitrogens with zero attached hydrogens (tertiary/aromatic N) is 1. The number of aryl methyl sites for hydroxylation is 1.